The van der Waals surface area contributed by atoms with Crippen molar-refractivity contribution in [2.45, 2.75) is 6.18 Å². The highest BCUT2D eigenvalue weighted by Crippen LogP contribution is 2.36. The molecule has 0 saturated carbocycles. The van der Waals surface area contributed by atoms with E-state index >= 15 is 0 Å². The maximum atomic E-state index is 12.1. The summed E-state index contributed by atoms with van der Waals surface area (Å²) >= 11 is 2.71. The van der Waals surface area contributed by atoms with Crippen molar-refractivity contribution in [1.82, 2.24) is 9.78 Å². The Labute approximate surface area is 74.5 Å². The van der Waals surface area contributed by atoms with Crippen molar-refractivity contribution in [1.29, 1.82) is 0 Å². The van der Waals surface area contributed by atoms with Crippen molar-refractivity contribution in [2.75, 3.05) is 5.73 Å². The highest BCUT2D eigenvalue weighted by Gasteiger charge is 2.37. The molecule has 0 aliphatic rings. The van der Waals surface area contributed by atoms with Crippen molar-refractivity contribution in [3.05, 3.63) is 10.2 Å². The normalized spacial score (nSPS) is 12.1. The number of nitrogen functional groups attached to an aromatic ring is 1. The fourth-order valence-corrected chi connectivity index (χ4v) is 1.25. The molecule has 0 fully saturated rings. The molecule has 0 radical (unpaired) electrons. The first-order chi connectivity index (χ1) is 5.34. The lowest BCUT2D eigenvalue weighted by molar-refractivity contribution is -0.142. The minimum Gasteiger partial charge on any atom is -0.383 e. The van der Waals surface area contributed by atoms with Gasteiger partial charge in [0.15, 0.2) is 5.69 Å². The fourth-order valence-electron chi connectivity index (χ4n) is 0.692. The van der Waals surface area contributed by atoms with Gasteiger partial charge in [-0.2, -0.15) is 18.3 Å². The van der Waals surface area contributed by atoms with Crippen LogP contribution in [0.15, 0.2) is 4.47 Å². The van der Waals surface area contributed by atoms with Crippen LogP contribution in [0.1, 0.15) is 5.69 Å². The van der Waals surface area contributed by atoms with Crippen LogP contribution in [0.25, 0.3) is 0 Å². The molecule has 0 saturated heterocycles. The quantitative estimate of drug-likeness (QED) is 0.755. The molecule has 3 nitrogen and oxygen atoms in total. The van der Waals surface area contributed by atoms with E-state index in [-0.39, 0.29) is 10.3 Å². The Morgan fingerprint density at radius 3 is 2.17 bits per heavy atom. The predicted molar refractivity (Wildman–Crippen MR) is 40.3 cm³/mol. The van der Waals surface area contributed by atoms with E-state index in [9.17, 15) is 13.2 Å². The lowest BCUT2D eigenvalue weighted by Crippen LogP contribution is -2.07. The second-order valence-corrected chi connectivity index (χ2v) is 2.96. The molecule has 0 aromatic carbocycles. The Hall–Kier alpha value is -0.720. The summed E-state index contributed by atoms with van der Waals surface area (Å²) in [4.78, 5) is 0. The highest BCUT2D eigenvalue weighted by atomic mass is 79.9. The number of halogens is 4. The van der Waals surface area contributed by atoms with Crippen LogP contribution in [0, 0.1) is 0 Å². The molecular weight excluding hydrogens is 239 g/mol. The first-order valence-corrected chi connectivity index (χ1v) is 3.68. The SMILES string of the molecule is Cn1nc(C(F)(F)F)c(Br)c1N. The van der Waals surface area contributed by atoms with Crippen molar-refractivity contribution in [3.8, 4) is 0 Å². The summed E-state index contributed by atoms with van der Waals surface area (Å²) in [7, 11) is 1.34. The number of nitrogens with zero attached hydrogens (tertiary/aromatic N) is 2. The molecule has 1 aromatic heterocycles. The number of anilines is 1. The van der Waals surface area contributed by atoms with Crippen LogP contribution in [0.2, 0.25) is 0 Å². The number of hydrogen-bond acceptors (Lipinski definition) is 2. The highest BCUT2D eigenvalue weighted by molar-refractivity contribution is 9.10. The van der Waals surface area contributed by atoms with E-state index in [4.69, 9.17) is 5.73 Å². The number of nitrogens with two attached hydrogens (primary N) is 1. The van der Waals surface area contributed by atoms with Crippen LogP contribution in [0.5, 0.6) is 0 Å². The molecule has 0 aliphatic heterocycles. The van der Waals surface area contributed by atoms with Gasteiger partial charge in [-0.05, 0) is 15.9 Å². The lowest BCUT2D eigenvalue weighted by Gasteiger charge is -2.00. The second-order valence-electron chi connectivity index (χ2n) is 2.17. The van der Waals surface area contributed by atoms with Gasteiger partial charge in [-0.3, -0.25) is 4.68 Å². The summed E-state index contributed by atoms with van der Waals surface area (Å²) in [5.74, 6) is -0.0395. The molecule has 0 atom stereocenters. The van der Waals surface area contributed by atoms with Gasteiger partial charge in [-0.25, -0.2) is 0 Å². The van der Waals surface area contributed by atoms with Crippen molar-refractivity contribution in [2.24, 2.45) is 7.05 Å². The van der Waals surface area contributed by atoms with Crippen LogP contribution < -0.4 is 5.73 Å². The zero-order valence-corrected chi connectivity index (χ0v) is 7.57. The zero-order valence-electron chi connectivity index (χ0n) is 5.98. The number of alkyl halides is 3. The molecule has 7 heteroatoms. The lowest BCUT2D eigenvalue weighted by atomic mass is 10.4. The van der Waals surface area contributed by atoms with Gasteiger partial charge in [0, 0.05) is 7.05 Å². The molecule has 1 aromatic rings. The average Bonchev–Trinajstić information content (AvgIpc) is 2.15. The summed E-state index contributed by atoms with van der Waals surface area (Å²) in [6.07, 6.45) is -4.46. The van der Waals surface area contributed by atoms with Crippen LogP contribution >= 0.6 is 15.9 Å². The average molecular weight is 244 g/mol. The molecule has 0 spiro atoms. The third kappa shape index (κ3) is 1.40. The largest absolute Gasteiger partial charge is 0.436 e. The van der Waals surface area contributed by atoms with Gasteiger partial charge in [-0.1, -0.05) is 0 Å². The number of aromatic nitrogens is 2. The first-order valence-electron chi connectivity index (χ1n) is 2.89. The van der Waals surface area contributed by atoms with Crippen molar-refractivity contribution in [3.63, 3.8) is 0 Å². The summed E-state index contributed by atoms with van der Waals surface area (Å²) in [6.45, 7) is 0. The molecule has 0 aliphatic carbocycles. The van der Waals surface area contributed by atoms with Gasteiger partial charge in [0.2, 0.25) is 0 Å². The fraction of sp³-hybridized carbons (Fsp3) is 0.400. The molecule has 2 N–H and O–H groups in total. The van der Waals surface area contributed by atoms with Gasteiger partial charge < -0.3 is 5.73 Å². The molecule has 68 valence electrons. The van der Waals surface area contributed by atoms with Crippen LogP contribution in [-0.4, -0.2) is 9.78 Å². The Bertz CT molecular complexity index is 304. The molecule has 0 amide bonds. The van der Waals surface area contributed by atoms with Gasteiger partial charge in [0.1, 0.15) is 5.82 Å². The third-order valence-electron chi connectivity index (χ3n) is 1.30. The smallest absolute Gasteiger partial charge is 0.383 e. The topological polar surface area (TPSA) is 43.8 Å². The van der Waals surface area contributed by atoms with Crippen LogP contribution in [0.4, 0.5) is 19.0 Å². The number of aryl methyl sites for hydroxylation is 1. The number of hydrogen-bond donors (Lipinski definition) is 1. The van der Waals surface area contributed by atoms with Gasteiger partial charge in [0.25, 0.3) is 0 Å². The van der Waals surface area contributed by atoms with Gasteiger partial charge in [-0.15, -0.1) is 0 Å². The summed E-state index contributed by atoms with van der Waals surface area (Å²) < 4.78 is 37.0. The van der Waals surface area contributed by atoms with Gasteiger partial charge in [0.05, 0.1) is 4.47 Å². The summed E-state index contributed by atoms with van der Waals surface area (Å²) in [5.41, 5.74) is 4.26. The second kappa shape index (κ2) is 2.65. The summed E-state index contributed by atoms with van der Waals surface area (Å²) in [6, 6.07) is 0. The Kier molecular flexibility index (Phi) is 2.07. The molecule has 1 rings (SSSR count). The maximum Gasteiger partial charge on any atom is 0.436 e. The standard InChI is InChI=1S/C5H5BrF3N3/c1-12-4(10)2(6)3(11-12)5(7,8)9/h10H2,1H3. The molecule has 0 unspecified atom stereocenters. The van der Waals surface area contributed by atoms with E-state index in [2.05, 4.69) is 21.0 Å². The van der Waals surface area contributed by atoms with Crippen molar-refractivity contribution >= 4 is 21.7 Å². The van der Waals surface area contributed by atoms with Gasteiger partial charge >= 0.3 is 6.18 Å². The molecule has 1 heterocycles. The predicted octanol–water partition coefficient (Wildman–Crippen LogP) is 1.78. The van der Waals surface area contributed by atoms with Crippen LogP contribution in [-0.2, 0) is 13.2 Å². The molecular formula is C5H5BrF3N3. The first kappa shape index (κ1) is 9.37. The van der Waals surface area contributed by atoms with Crippen molar-refractivity contribution < 1.29 is 13.2 Å². The minimum atomic E-state index is -4.46. The van der Waals surface area contributed by atoms with E-state index < -0.39 is 11.9 Å². The Morgan fingerprint density at radius 2 is 2.00 bits per heavy atom. The Morgan fingerprint density at radius 1 is 1.50 bits per heavy atom. The van der Waals surface area contributed by atoms with E-state index in [0.717, 1.165) is 4.68 Å². The monoisotopic (exact) mass is 243 g/mol. The Balaban J connectivity index is 3.28. The number of rotatable bonds is 0. The summed E-state index contributed by atoms with van der Waals surface area (Å²) in [5, 5.41) is 3.20. The van der Waals surface area contributed by atoms with E-state index in [1.165, 1.54) is 7.05 Å². The molecule has 0 bridgehead atoms. The zero-order chi connectivity index (χ0) is 9.52. The minimum absolute atomic E-state index is 0.0395. The van der Waals surface area contributed by atoms with E-state index in [1.54, 1.807) is 0 Å². The molecule has 12 heavy (non-hydrogen) atoms. The maximum absolute atomic E-state index is 12.1. The third-order valence-corrected chi connectivity index (χ3v) is 2.08. The van der Waals surface area contributed by atoms with E-state index in [1.807, 2.05) is 0 Å². The van der Waals surface area contributed by atoms with Crippen LogP contribution in [0.3, 0.4) is 0 Å². The van der Waals surface area contributed by atoms with E-state index in [0.29, 0.717) is 0 Å².